The van der Waals surface area contributed by atoms with Crippen LogP contribution in [0.5, 0.6) is 5.75 Å². The monoisotopic (exact) mass is 528 g/mol. The molecular formula is C28H36N2O6S. The first-order valence-electron chi connectivity index (χ1n) is 12.5. The van der Waals surface area contributed by atoms with E-state index in [1.807, 2.05) is 40.7 Å². The molecule has 2 aromatic rings. The van der Waals surface area contributed by atoms with E-state index in [1.165, 1.54) is 0 Å². The molecule has 2 heterocycles. The Morgan fingerprint density at radius 3 is 2.54 bits per heavy atom. The lowest BCUT2D eigenvalue weighted by Gasteiger charge is -2.41. The van der Waals surface area contributed by atoms with Crippen LogP contribution in [-0.2, 0) is 19.0 Å². The molecule has 9 heteroatoms. The number of unbranched alkanes of at least 4 members (excludes halogenated alkanes) is 2. The fourth-order valence-electron chi connectivity index (χ4n) is 3.51. The van der Waals surface area contributed by atoms with Crippen LogP contribution in [0.2, 0.25) is 0 Å². The van der Waals surface area contributed by atoms with Crippen LogP contribution in [0.1, 0.15) is 63.3 Å². The molecule has 1 aliphatic heterocycles. The van der Waals surface area contributed by atoms with Crippen molar-refractivity contribution in [1.82, 2.24) is 9.88 Å². The van der Waals surface area contributed by atoms with Crippen LogP contribution in [0, 0.1) is 25.7 Å². The predicted molar refractivity (Wildman–Crippen MR) is 141 cm³/mol. The van der Waals surface area contributed by atoms with Gasteiger partial charge in [0, 0.05) is 24.7 Å². The third kappa shape index (κ3) is 8.76. The number of nitrogens with zero attached hydrogens (tertiary/aromatic N) is 2. The number of rotatable bonds is 9. The third-order valence-electron chi connectivity index (χ3n) is 5.72. The highest BCUT2D eigenvalue weighted by Crippen LogP contribution is 2.24. The Balaban J connectivity index is 1.42. The molecule has 1 aromatic carbocycles. The number of benzene rings is 1. The molecule has 1 fully saturated rings. The maximum Gasteiger partial charge on any atom is 0.410 e. The van der Waals surface area contributed by atoms with Crippen LogP contribution in [0.4, 0.5) is 4.79 Å². The molecule has 0 N–H and O–H groups in total. The van der Waals surface area contributed by atoms with Gasteiger partial charge in [-0.25, -0.2) is 4.79 Å². The summed E-state index contributed by atoms with van der Waals surface area (Å²) in [5, 5.41) is 0. The van der Waals surface area contributed by atoms with Gasteiger partial charge in [-0.2, -0.15) is 8.42 Å². The summed E-state index contributed by atoms with van der Waals surface area (Å²) in [6.07, 6.45) is 4.13. The Labute approximate surface area is 220 Å². The first kappa shape index (κ1) is 28.5. The number of hydrogen-bond donors (Lipinski definition) is 0. The number of aryl methyl sites for hydroxylation is 2. The van der Waals surface area contributed by atoms with E-state index in [0.29, 0.717) is 38.2 Å². The minimum Gasteiger partial charge on any atom is -0.489 e. The Kier molecular flexibility index (Phi) is 9.57. The van der Waals surface area contributed by atoms with E-state index in [1.54, 1.807) is 35.4 Å². The van der Waals surface area contributed by atoms with Crippen LogP contribution < -0.4 is 4.74 Å². The van der Waals surface area contributed by atoms with Crippen LogP contribution >= 0.6 is 0 Å². The SMILES string of the molecule is Cc1ccc(S(=O)(=O)OCCCCC#Cc2cnc(C)c(OC[C@@H]3CCN3C(=O)OC(C)(C)C)c2)cc1. The maximum atomic E-state index is 12.3. The molecule has 200 valence electrons. The van der Waals surface area contributed by atoms with Gasteiger partial charge in [-0.1, -0.05) is 29.5 Å². The molecule has 8 nitrogen and oxygen atoms in total. The smallest absolute Gasteiger partial charge is 0.410 e. The normalized spacial score (nSPS) is 15.4. The molecule has 0 bridgehead atoms. The van der Waals surface area contributed by atoms with Crippen LogP contribution in [-0.4, -0.2) is 55.8 Å². The van der Waals surface area contributed by atoms with Crippen LogP contribution in [0.15, 0.2) is 41.4 Å². The van der Waals surface area contributed by atoms with Gasteiger partial charge in [-0.15, -0.1) is 0 Å². The van der Waals surface area contributed by atoms with E-state index in [4.69, 9.17) is 13.7 Å². The molecule has 1 saturated heterocycles. The standard InChI is InChI=1S/C28H36N2O6S/c1-21-11-13-25(14-12-21)37(32,33)35-17-9-7-6-8-10-23-18-26(22(2)29-19-23)34-20-24-15-16-30(24)27(31)36-28(3,4)5/h11-14,18-19,24H,6-7,9,15-17,20H2,1-5H3/t24-/m0/s1. The van der Waals surface area contributed by atoms with Crippen molar-refractivity contribution >= 4 is 16.2 Å². The lowest BCUT2D eigenvalue weighted by atomic mass is 10.1. The van der Waals surface area contributed by atoms with E-state index < -0.39 is 15.7 Å². The number of hydrogen-bond acceptors (Lipinski definition) is 7. The summed E-state index contributed by atoms with van der Waals surface area (Å²) in [4.78, 5) is 18.5. The van der Waals surface area contributed by atoms with Gasteiger partial charge in [0.2, 0.25) is 0 Å². The summed E-state index contributed by atoms with van der Waals surface area (Å²) in [7, 11) is -3.73. The highest BCUT2D eigenvalue weighted by molar-refractivity contribution is 7.86. The van der Waals surface area contributed by atoms with E-state index in [2.05, 4.69) is 16.8 Å². The quantitative estimate of drug-likeness (QED) is 0.256. The summed E-state index contributed by atoms with van der Waals surface area (Å²) in [5.41, 5.74) is 1.94. The van der Waals surface area contributed by atoms with E-state index >= 15 is 0 Å². The number of carbonyl (C=O) groups is 1. The topological polar surface area (TPSA) is 95.0 Å². The van der Waals surface area contributed by atoms with Crippen molar-refractivity contribution < 1.29 is 26.9 Å². The molecule has 37 heavy (non-hydrogen) atoms. The van der Waals surface area contributed by atoms with Gasteiger partial charge >= 0.3 is 6.09 Å². The number of carbonyl (C=O) groups excluding carboxylic acids is 1. The summed E-state index contributed by atoms with van der Waals surface area (Å²) >= 11 is 0. The molecule has 1 amide bonds. The second-order valence-corrected chi connectivity index (χ2v) is 11.7. The predicted octanol–water partition coefficient (Wildman–Crippen LogP) is 5.01. The van der Waals surface area contributed by atoms with Crippen molar-refractivity contribution in [2.24, 2.45) is 0 Å². The van der Waals surface area contributed by atoms with Gasteiger partial charge in [0.15, 0.2) is 0 Å². The molecule has 1 aliphatic rings. The van der Waals surface area contributed by atoms with Gasteiger partial charge < -0.3 is 14.4 Å². The van der Waals surface area contributed by atoms with Crippen molar-refractivity contribution in [3.8, 4) is 17.6 Å². The van der Waals surface area contributed by atoms with E-state index in [9.17, 15) is 13.2 Å². The average Bonchev–Trinajstić information content (AvgIpc) is 2.78. The molecule has 0 spiro atoms. The van der Waals surface area contributed by atoms with Gasteiger partial charge in [-0.3, -0.25) is 9.17 Å². The summed E-state index contributed by atoms with van der Waals surface area (Å²) < 4.78 is 41.0. The fraction of sp³-hybridized carbons (Fsp3) is 0.500. The lowest BCUT2D eigenvalue weighted by Crippen LogP contribution is -2.55. The second kappa shape index (κ2) is 12.4. The Morgan fingerprint density at radius 2 is 1.89 bits per heavy atom. The zero-order valence-corrected chi connectivity index (χ0v) is 23.1. The average molecular weight is 529 g/mol. The number of aromatic nitrogens is 1. The number of likely N-dealkylation sites (tertiary alicyclic amines) is 1. The largest absolute Gasteiger partial charge is 0.489 e. The Morgan fingerprint density at radius 1 is 1.16 bits per heavy atom. The van der Waals surface area contributed by atoms with Crippen molar-refractivity contribution in [3.63, 3.8) is 0 Å². The minimum atomic E-state index is -3.73. The van der Waals surface area contributed by atoms with Crippen molar-refractivity contribution in [3.05, 3.63) is 53.3 Å². The van der Waals surface area contributed by atoms with Gasteiger partial charge in [0.1, 0.15) is 18.0 Å². The zero-order valence-electron chi connectivity index (χ0n) is 22.2. The molecule has 1 atom stereocenters. The van der Waals surface area contributed by atoms with Crippen molar-refractivity contribution in [1.29, 1.82) is 0 Å². The molecule has 3 rings (SSSR count). The highest BCUT2D eigenvalue weighted by atomic mass is 32.2. The van der Waals surface area contributed by atoms with Crippen molar-refractivity contribution in [2.75, 3.05) is 19.8 Å². The number of pyridine rings is 1. The summed E-state index contributed by atoms with van der Waals surface area (Å²) in [6, 6.07) is 8.41. The van der Waals surface area contributed by atoms with Crippen LogP contribution in [0.3, 0.4) is 0 Å². The van der Waals surface area contributed by atoms with E-state index in [0.717, 1.165) is 23.2 Å². The van der Waals surface area contributed by atoms with Gasteiger partial charge in [0.05, 0.1) is 23.2 Å². The van der Waals surface area contributed by atoms with Gasteiger partial charge in [0.25, 0.3) is 10.1 Å². The van der Waals surface area contributed by atoms with Crippen LogP contribution in [0.25, 0.3) is 0 Å². The molecule has 0 radical (unpaired) electrons. The van der Waals surface area contributed by atoms with Gasteiger partial charge in [-0.05, 0) is 72.1 Å². The first-order valence-corrected chi connectivity index (χ1v) is 13.9. The summed E-state index contributed by atoms with van der Waals surface area (Å²) in [6.45, 7) is 10.5. The molecular weight excluding hydrogens is 492 g/mol. The van der Waals surface area contributed by atoms with E-state index in [-0.39, 0.29) is 23.6 Å². The summed E-state index contributed by atoms with van der Waals surface area (Å²) in [5.74, 6) is 6.81. The Bertz CT molecular complexity index is 1240. The second-order valence-electron chi connectivity index (χ2n) is 10.1. The minimum absolute atomic E-state index is 0.0268. The highest BCUT2D eigenvalue weighted by Gasteiger charge is 2.35. The third-order valence-corrected chi connectivity index (χ3v) is 7.05. The fourth-order valence-corrected chi connectivity index (χ4v) is 4.45. The maximum absolute atomic E-state index is 12.3. The number of amides is 1. The lowest BCUT2D eigenvalue weighted by molar-refractivity contribution is -0.0142. The molecule has 1 aromatic heterocycles. The molecule has 0 aliphatic carbocycles. The first-order chi connectivity index (χ1) is 17.4. The zero-order chi connectivity index (χ0) is 27.1. The molecule has 0 saturated carbocycles. The molecule has 0 unspecified atom stereocenters. The number of ether oxygens (including phenoxy) is 2. The Hall–Kier alpha value is -3.09. The van der Waals surface area contributed by atoms with Crippen molar-refractivity contribution in [2.45, 2.75) is 76.8 Å².